The van der Waals surface area contributed by atoms with Gasteiger partial charge in [-0.1, -0.05) is 11.6 Å². The highest BCUT2D eigenvalue weighted by Crippen LogP contribution is 2.22. The van der Waals surface area contributed by atoms with Gasteiger partial charge < -0.3 is 5.73 Å². The van der Waals surface area contributed by atoms with Crippen molar-refractivity contribution < 1.29 is 0 Å². The highest BCUT2D eigenvalue weighted by molar-refractivity contribution is 6.31. The third-order valence-corrected chi connectivity index (χ3v) is 3.76. The summed E-state index contributed by atoms with van der Waals surface area (Å²) < 4.78 is 1.88. The average molecular weight is 243 g/mol. The Bertz CT molecular complexity index is 366. The molecule has 2 rings (SSSR count). The number of piperidine rings is 1. The number of hydrogen-bond donors (Lipinski definition) is 1. The van der Waals surface area contributed by atoms with Crippen molar-refractivity contribution >= 4 is 11.6 Å². The normalized spacial score (nSPS) is 19.2. The predicted octanol–water partition coefficient (Wildman–Crippen LogP) is 1.31. The van der Waals surface area contributed by atoms with Crippen LogP contribution in [0.25, 0.3) is 0 Å². The van der Waals surface area contributed by atoms with Gasteiger partial charge in [-0.25, -0.2) is 0 Å². The van der Waals surface area contributed by atoms with E-state index in [1.165, 1.54) is 0 Å². The number of likely N-dealkylation sites (tertiary alicyclic amines) is 1. The monoisotopic (exact) mass is 242 g/mol. The lowest BCUT2D eigenvalue weighted by Crippen LogP contribution is -2.39. The number of nitrogens with zero attached hydrogens (tertiary/aromatic N) is 3. The summed E-state index contributed by atoms with van der Waals surface area (Å²) in [6.07, 6.45) is 2.16. The largest absolute Gasteiger partial charge is 0.328 e. The van der Waals surface area contributed by atoms with Crippen LogP contribution in [0.4, 0.5) is 0 Å². The molecule has 0 aromatic carbocycles. The van der Waals surface area contributed by atoms with Crippen molar-refractivity contribution in [3.8, 4) is 0 Å². The average Bonchev–Trinajstić information content (AvgIpc) is 2.48. The van der Waals surface area contributed by atoms with E-state index in [2.05, 4.69) is 10.00 Å². The second-order valence-electron chi connectivity index (χ2n) is 4.58. The second kappa shape index (κ2) is 4.73. The van der Waals surface area contributed by atoms with E-state index in [4.69, 9.17) is 17.3 Å². The van der Waals surface area contributed by atoms with Gasteiger partial charge in [0.05, 0.1) is 16.4 Å². The smallest absolute Gasteiger partial charge is 0.0860 e. The second-order valence-corrected chi connectivity index (χ2v) is 4.96. The van der Waals surface area contributed by atoms with Gasteiger partial charge in [-0.05, 0) is 19.8 Å². The molecule has 0 spiro atoms. The fourth-order valence-electron chi connectivity index (χ4n) is 2.17. The first-order valence-corrected chi connectivity index (χ1v) is 6.11. The zero-order valence-electron chi connectivity index (χ0n) is 9.91. The molecule has 4 nitrogen and oxygen atoms in total. The maximum atomic E-state index is 6.23. The maximum absolute atomic E-state index is 6.23. The van der Waals surface area contributed by atoms with Gasteiger partial charge in [-0.3, -0.25) is 9.58 Å². The van der Waals surface area contributed by atoms with Crippen molar-refractivity contribution in [2.75, 3.05) is 13.1 Å². The van der Waals surface area contributed by atoms with E-state index in [9.17, 15) is 0 Å². The van der Waals surface area contributed by atoms with Crippen LogP contribution < -0.4 is 5.73 Å². The summed E-state index contributed by atoms with van der Waals surface area (Å²) in [6, 6.07) is 0.375. The van der Waals surface area contributed by atoms with Crippen LogP contribution in [0.3, 0.4) is 0 Å². The molecule has 0 saturated carbocycles. The zero-order chi connectivity index (χ0) is 11.7. The van der Waals surface area contributed by atoms with Gasteiger partial charge in [-0.2, -0.15) is 5.10 Å². The minimum atomic E-state index is 0.375. The van der Waals surface area contributed by atoms with Crippen molar-refractivity contribution in [3.05, 3.63) is 16.4 Å². The molecule has 0 bridgehead atoms. The van der Waals surface area contributed by atoms with Crippen LogP contribution in [0.5, 0.6) is 0 Å². The third kappa shape index (κ3) is 2.39. The molecule has 1 aliphatic rings. The van der Waals surface area contributed by atoms with E-state index in [1.807, 2.05) is 18.7 Å². The van der Waals surface area contributed by atoms with Crippen molar-refractivity contribution in [1.29, 1.82) is 0 Å². The highest BCUT2D eigenvalue weighted by atomic mass is 35.5. The summed E-state index contributed by atoms with van der Waals surface area (Å²) in [6.45, 7) is 4.93. The van der Waals surface area contributed by atoms with Gasteiger partial charge >= 0.3 is 0 Å². The van der Waals surface area contributed by atoms with Gasteiger partial charge in [0.25, 0.3) is 0 Å². The number of aromatic nitrogens is 2. The van der Waals surface area contributed by atoms with E-state index >= 15 is 0 Å². The molecular formula is C11H19ClN4. The van der Waals surface area contributed by atoms with Gasteiger partial charge in [-0.15, -0.1) is 0 Å². The quantitative estimate of drug-likeness (QED) is 0.851. The lowest BCUT2D eigenvalue weighted by atomic mass is 10.1. The number of rotatable bonds is 2. The SMILES string of the molecule is Cc1nn(C)c(CN2CCC(N)CC2)c1Cl. The van der Waals surface area contributed by atoms with Crippen LogP contribution >= 0.6 is 11.6 Å². The Balaban J connectivity index is 2.03. The molecule has 1 aromatic heterocycles. The number of nitrogens with two attached hydrogens (primary N) is 1. The molecule has 90 valence electrons. The summed E-state index contributed by atoms with van der Waals surface area (Å²) in [5.41, 5.74) is 7.90. The first kappa shape index (κ1) is 11.9. The van der Waals surface area contributed by atoms with Gasteiger partial charge in [0.1, 0.15) is 0 Å². The minimum absolute atomic E-state index is 0.375. The van der Waals surface area contributed by atoms with Crippen molar-refractivity contribution in [2.24, 2.45) is 12.8 Å². The Labute approximate surface area is 101 Å². The highest BCUT2D eigenvalue weighted by Gasteiger charge is 2.19. The molecule has 0 amide bonds. The zero-order valence-corrected chi connectivity index (χ0v) is 10.7. The molecule has 2 N–H and O–H groups in total. The molecule has 0 aliphatic carbocycles. The molecule has 1 fully saturated rings. The van der Waals surface area contributed by atoms with E-state index < -0.39 is 0 Å². The predicted molar refractivity (Wildman–Crippen MR) is 65.4 cm³/mol. The Hall–Kier alpha value is -0.580. The van der Waals surface area contributed by atoms with Crippen LogP contribution in [-0.2, 0) is 13.6 Å². The Morgan fingerprint density at radius 1 is 1.44 bits per heavy atom. The van der Waals surface area contributed by atoms with E-state index in [1.54, 1.807) is 0 Å². The topological polar surface area (TPSA) is 47.1 Å². The summed E-state index contributed by atoms with van der Waals surface area (Å²) >= 11 is 6.23. The number of hydrogen-bond acceptors (Lipinski definition) is 3. The summed E-state index contributed by atoms with van der Waals surface area (Å²) in [5.74, 6) is 0. The number of halogens is 1. The maximum Gasteiger partial charge on any atom is 0.0860 e. The summed E-state index contributed by atoms with van der Waals surface area (Å²) in [4.78, 5) is 2.39. The molecule has 0 unspecified atom stereocenters. The molecule has 0 radical (unpaired) electrons. The first-order valence-electron chi connectivity index (χ1n) is 5.74. The van der Waals surface area contributed by atoms with Crippen LogP contribution in [0, 0.1) is 6.92 Å². The lowest BCUT2D eigenvalue weighted by Gasteiger charge is -2.29. The van der Waals surface area contributed by atoms with Crippen molar-refractivity contribution in [3.63, 3.8) is 0 Å². The van der Waals surface area contributed by atoms with Crippen LogP contribution in [-0.4, -0.2) is 33.8 Å². The molecule has 5 heteroatoms. The minimum Gasteiger partial charge on any atom is -0.328 e. The standard InChI is InChI=1S/C11H19ClN4/c1-8-11(12)10(15(2)14-8)7-16-5-3-9(13)4-6-16/h9H,3-7,13H2,1-2H3. The Morgan fingerprint density at radius 2 is 2.06 bits per heavy atom. The van der Waals surface area contributed by atoms with Gasteiger partial charge in [0.15, 0.2) is 0 Å². The fourth-order valence-corrected chi connectivity index (χ4v) is 2.39. The first-order chi connectivity index (χ1) is 7.58. The van der Waals surface area contributed by atoms with Crippen molar-refractivity contribution in [1.82, 2.24) is 14.7 Å². The fraction of sp³-hybridized carbons (Fsp3) is 0.727. The van der Waals surface area contributed by atoms with E-state index in [0.29, 0.717) is 6.04 Å². The third-order valence-electron chi connectivity index (χ3n) is 3.27. The van der Waals surface area contributed by atoms with Crippen LogP contribution in [0.15, 0.2) is 0 Å². The van der Waals surface area contributed by atoms with Gasteiger partial charge in [0, 0.05) is 32.7 Å². The molecule has 2 heterocycles. The Morgan fingerprint density at radius 3 is 2.56 bits per heavy atom. The van der Waals surface area contributed by atoms with E-state index in [-0.39, 0.29) is 0 Å². The van der Waals surface area contributed by atoms with Crippen molar-refractivity contribution in [2.45, 2.75) is 32.4 Å². The van der Waals surface area contributed by atoms with Gasteiger partial charge in [0.2, 0.25) is 0 Å². The van der Waals surface area contributed by atoms with Crippen LogP contribution in [0.2, 0.25) is 5.02 Å². The Kier molecular flexibility index (Phi) is 3.52. The molecule has 1 saturated heterocycles. The van der Waals surface area contributed by atoms with Crippen LogP contribution in [0.1, 0.15) is 24.2 Å². The molecule has 1 aromatic rings. The summed E-state index contributed by atoms with van der Waals surface area (Å²) in [7, 11) is 1.95. The molecule has 16 heavy (non-hydrogen) atoms. The van der Waals surface area contributed by atoms with E-state index in [0.717, 1.165) is 48.9 Å². The lowest BCUT2D eigenvalue weighted by molar-refractivity contribution is 0.201. The molecule has 1 aliphatic heterocycles. The number of aryl methyl sites for hydroxylation is 2. The molecule has 0 atom stereocenters. The molecular weight excluding hydrogens is 224 g/mol. The summed E-state index contributed by atoms with van der Waals surface area (Å²) in [5, 5.41) is 5.13.